The summed E-state index contributed by atoms with van der Waals surface area (Å²) in [5.41, 5.74) is 18.9. The second-order valence-electron chi connectivity index (χ2n) is 22.3. The van der Waals surface area contributed by atoms with E-state index in [-0.39, 0.29) is 10.8 Å². The molecule has 1 N–H and O–H groups in total. The van der Waals surface area contributed by atoms with Gasteiger partial charge in [0.25, 0.3) is 0 Å². The third-order valence-electron chi connectivity index (χ3n) is 15.6. The van der Waals surface area contributed by atoms with E-state index in [9.17, 15) is 0 Å². The van der Waals surface area contributed by atoms with E-state index in [0.29, 0.717) is 5.92 Å². The van der Waals surface area contributed by atoms with Crippen molar-refractivity contribution in [2.24, 2.45) is 0 Å². The van der Waals surface area contributed by atoms with E-state index in [1.165, 1.54) is 69.8 Å². The first-order chi connectivity index (χ1) is 35.4. The van der Waals surface area contributed by atoms with Crippen LogP contribution in [0.25, 0.3) is 91.7 Å². The Bertz CT molecular complexity index is 4290. The summed E-state index contributed by atoms with van der Waals surface area (Å²) >= 11 is 1.87. The number of aryl methyl sites for hydroxylation is 1. The second kappa shape index (κ2) is 16.4. The van der Waals surface area contributed by atoms with Gasteiger partial charge in [-0.3, -0.25) is 0 Å². The van der Waals surface area contributed by atoms with Crippen LogP contribution < -0.4 is 16.4 Å². The summed E-state index contributed by atoms with van der Waals surface area (Å²) in [5.74, 6) is 0.296. The molecule has 4 nitrogen and oxygen atoms in total. The summed E-state index contributed by atoms with van der Waals surface area (Å²) in [7, 11) is 2.30. The zero-order chi connectivity index (χ0) is 49.3. The molecule has 0 fully saturated rings. The van der Waals surface area contributed by atoms with E-state index in [2.05, 4.69) is 241 Å². The Labute approximate surface area is 430 Å². The van der Waals surface area contributed by atoms with Crippen LogP contribution in [0.5, 0.6) is 0 Å². The molecule has 1 aliphatic heterocycles. The number of anilines is 2. The van der Waals surface area contributed by atoms with Crippen molar-refractivity contribution in [3.05, 3.63) is 210 Å². The predicted molar refractivity (Wildman–Crippen MR) is 311 cm³/mol. The molecule has 0 aliphatic carbocycles. The van der Waals surface area contributed by atoms with Crippen LogP contribution in [0.1, 0.15) is 81.7 Å². The SMILES string of the molecule is CC(C)(C)c1ccc(Nc2cc3c(cc2-c2ccc4c5cc6sc7ccccc7c6cc5n5c4c2[B]c2oc4ccc(C(C)(C)C)cc4c2-5)oc2cc(CCC(c4ccccc4)c4ccccc4)ccc23)cc1. The molecule has 0 bridgehead atoms. The molecule has 1 aliphatic rings. The molecular formula is C67H54BN2O2S. The average Bonchev–Trinajstić information content (AvgIpc) is 4.14. The quantitative estimate of drug-likeness (QED) is 0.154. The topological polar surface area (TPSA) is 43.2 Å². The number of fused-ring (bicyclic) bond motifs is 13. The smallest absolute Gasteiger partial charge is 0.247 e. The van der Waals surface area contributed by atoms with Crippen molar-refractivity contribution in [3.63, 3.8) is 0 Å². The first-order valence-electron chi connectivity index (χ1n) is 25.7. The Kier molecular flexibility index (Phi) is 9.85. The van der Waals surface area contributed by atoms with Gasteiger partial charge in [-0.1, -0.05) is 163 Å². The lowest BCUT2D eigenvalue weighted by Crippen LogP contribution is -2.36. The molecule has 9 aromatic carbocycles. The molecule has 0 unspecified atom stereocenters. The van der Waals surface area contributed by atoms with Gasteiger partial charge in [0.2, 0.25) is 7.28 Å². The van der Waals surface area contributed by atoms with Crippen LogP contribution in [0.15, 0.2) is 191 Å². The minimum absolute atomic E-state index is 0.0290. The van der Waals surface area contributed by atoms with Crippen molar-refractivity contribution in [2.75, 3.05) is 5.32 Å². The van der Waals surface area contributed by atoms with Gasteiger partial charge in [0.05, 0.1) is 16.9 Å². The number of furan rings is 2. The highest BCUT2D eigenvalue weighted by atomic mass is 32.1. The molecule has 0 spiro atoms. The minimum Gasteiger partial charge on any atom is -0.469 e. The molecule has 13 aromatic rings. The van der Waals surface area contributed by atoms with Gasteiger partial charge in [-0.05, 0) is 123 Å². The number of aromatic nitrogens is 1. The van der Waals surface area contributed by atoms with E-state index >= 15 is 0 Å². The zero-order valence-corrected chi connectivity index (χ0v) is 42.9. The highest BCUT2D eigenvalue weighted by Crippen LogP contribution is 2.46. The molecule has 1 radical (unpaired) electrons. The van der Waals surface area contributed by atoms with E-state index in [1.807, 2.05) is 11.3 Å². The van der Waals surface area contributed by atoms with Crippen LogP contribution in [0.4, 0.5) is 11.4 Å². The van der Waals surface area contributed by atoms with Crippen LogP contribution in [-0.2, 0) is 17.3 Å². The maximum Gasteiger partial charge on any atom is 0.247 e. The summed E-state index contributed by atoms with van der Waals surface area (Å²) in [6.45, 7) is 13.7. The zero-order valence-electron chi connectivity index (χ0n) is 42.1. The first-order valence-corrected chi connectivity index (χ1v) is 26.5. The fourth-order valence-corrected chi connectivity index (χ4v) is 12.9. The van der Waals surface area contributed by atoms with Crippen molar-refractivity contribution in [1.29, 1.82) is 0 Å². The van der Waals surface area contributed by atoms with Crippen molar-refractivity contribution < 1.29 is 8.83 Å². The summed E-state index contributed by atoms with van der Waals surface area (Å²) in [5, 5.41) is 12.3. The Morgan fingerprint density at radius 3 is 1.97 bits per heavy atom. The van der Waals surface area contributed by atoms with Gasteiger partial charge < -0.3 is 18.7 Å². The predicted octanol–water partition coefficient (Wildman–Crippen LogP) is 17.5. The van der Waals surface area contributed by atoms with Crippen LogP contribution in [0, 0.1) is 0 Å². The van der Waals surface area contributed by atoms with Crippen LogP contribution >= 0.6 is 11.3 Å². The lowest BCUT2D eigenvalue weighted by molar-refractivity contribution is 0.590. The van der Waals surface area contributed by atoms with Crippen molar-refractivity contribution in [3.8, 4) is 16.8 Å². The molecule has 14 rings (SSSR count). The summed E-state index contributed by atoms with van der Waals surface area (Å²) in [4.78, 5) is 0. The largest absolute Gasteiger partial charge is 0.469 e. The van der Waals surface area contributed by atoms with Gasteiger partial charge in [0.15, 0.2) is 0 Å². The third kappa shape index (κ3) is 7.24. The van der Waals surface area contributed by atoms with E-state index in [0.717, 1.165) is 85.1 Å². The number of hydrogen-bond donors (Lipinski definition) is 1. The first kappa shape index (κ1) is 43.9. The Morgan fingerprint density at radius 2 is 1.22 bits per heavy atom. The minimum atomic E-state index is -0.0290. The summed E-state index contributed by atoms with van der Waals surface area (Å²) in [6, 6.07) is 67.3. The molecule has 5 heterocycles. The molecule has 353 valence electrons. The van der Waals surface area contributed by atoms with Crippen LogP contribution in [0.2, 0.25) is 0 Å². The Hall–Kier alpha value is -7.80. The van der Waals surface area contributed by atoms with E-state index in [4.69, 9.17) is 8.83 Å². The lowest BCUT2D eigenvalue weighted by Gasteiger charge is -2.22. The van der Waals surface area contributed by atoms with Crippen LogP contribution in [0.3, 0.4) is 0 Å². The van der Waals surface area contributed by atoms with Gasteiger partial charge in [-0.2, -0.15) is 0 Å². The lowest BCUT2D eigenvalue weighted by atomic mass is 9.62. The van der Waals surface area contributed by atoms with E-state index in [1.54, 1.807) is 0 Å². The van der Waals surface area contributed by atoms with Gasteiger partial charge in [0, 0.05) is 75.5 Å². The normalized spacial score (nSPS) is 12.9. The number of benzene rings is 9. The molecule has 0 atom stereocenters. The van der Waals surface area contributed by atoms with Gasteiger partial charge in [-0.25, -0.2) is 0 Å². The molecule has 0 saturated carbocycles. The second-order valence-corrected chi connectivity index (χ2v) is 23.4. The molecule has 4 aromatic heterocycles. The monoisotopic (exact) mass is 961 g/mol. The Morgan fingerprint density at radius 1 is 0.521 bits per heavy atom. The fraction of sp³-hybridized carbons (Fsp3) is 0.164. The third-order valence-corrected chi connectivity index (χ3v) is 16.8. The molecule has 73 heavy (non-hydrogen) atoms. The number of hydrogen-bond acceptors (Lipinski definition) is 4. The van der Waals surface area contributed by atoms with Gasteiger partial charge in [0.1, 0.15) is 16.7 Å². The average molecular weight is 962 g/mol. The standard InChI is InChI=1S/C67H54BN2O2S/c1-66(2,3)42-23-26-44(27-24-42)69-55-35-52-46-29-22-39(21-28-45(40-15-9-7-10-16-40)41-17-11-8-12-18-41)33-58(46)71-59(52)37-50(55)48-30-31-49-51-38-61-53(47-19-13-14-20-60(47)73-61)36-56(51)70-63(49)62(48)68-65-64(70)54-34-43(67(4,5)6)25-32-57(54)72-65/h7-20,22-27,29-38,45,69H,21,28H2,1-6H3. The molecule has 6 heteroatoms. The highest BCUT2D eigenvalue weighted by Gasteiger charge is 2.32. The maximum atomic E-state index is 6.98. The molecular weight excluding hydrogens is 908 g/mol. The number of rotatable bonds is 8. The highest BCUT2D eigenvalue weighted by molar-refractivity contribution is 7.25. The number of thiophene rings is 1. The summed E-state index contributed by atoms with van der Waals surface area (Å²) in [6.07, 6.45) is 1.91. The Balaban J connectivity index is 0.961. The van der Waals surface area contributed by atoms with Crippen LogP contribution in [-0.4, -0.2) is 11.8 Å². The number of nitrogens with one attached hydrogen (secondary N) is 1. The molecule has 0 amide bonds. The van der Waals surface area contributed by atoms with Crippen molar-refractivity contribution in [2.45, 2.75) is 71.1 Å². The number of nitrogens with zero attached hydrogens (tertiary/aromatic N) is 1. The van der Waals surface area contributed by atoms with E-state index < -0.39 is 0 Å². The van der Waals surface area contributed by atoms with Gasteiger partial charge in [-0.15, -0.1) is 11.3 Å². The molecule has 0 saturated heterocycles. The van der Waals surface area contributed by atoms with Crippen molar-refractivity contribution in [1.82, 2.24) is 4.57 Å². The van der Waals surface area contributed by atoms with Gasteiger partial charge >= 0.3 is 0 Å². The maximum absolute atomic E-state index is 6.98. The summed E-state index contributed by atoms with van der Waals surface area (Å²) < 4.78 is 19.1. The fourth-order valence-electron chi connectivity index (χ4n) is 11.8. The van der Waals surface area contributed by atoms with Crippen molar-refractivity contribution >= 4 is 116 Å².